The Morgan fingerprint density at radius 2 is 1.80 bits per heavy atom. The van der Waals surface area contributed by atoms with Gasteiger partial charge in [-0.1, -0.05) is 18.2 Å². The van der Waals surface area contributed by atoms with Crippen LogP contribution < -0.4 is 15.0 Å². The number of methoxy groups -OCH3 is 2. The minimum absolute atomic E-state index is 0.0809. The Labute approximate surface area is 174 Å². The first kappa shape index (κ1) is 19.9. The molecule has 4 rings (SSSR count). The van der Waals surface area contributed by atoms with E-state index in [9.17, 15) is 9.59 Å². The minimum Gasteiger partial charge on any atom is -0.493 e. The number of piperazine rings is 1. The summed E-state index contributed by atoms with van der Waals surface area (Å²) in [7, 11) is 3.08. The predicted molar refractivity (Wildman–Crippen MR) is 113 cm³/mol. The summed E-state index contributed by atoms with van der Waals surface area (Å²) in [5.41, 5.74) is 1.05. The number of amides is 1. The van der Waals surface area contributed by atoms with Crippen LogP contribution in [-0.2, 0) is 6.54 Å². The minimum atomic E-state index is -0.130. The fourth-order valence-electron chi connectivity index (χ4n) is 3.76. The van der Waals surface area contributed by atoms with Gasteiger partial charge in [0, 0.05) is 26.2 Å². The molecule has 8 heteroatoms. The van der Waals surface area contributed by atoms with Crippen molar-refractivity contribution in [2.45, 2.75) is 6.54 Å². The van der Waals surface area contributed by atoms with E-state index in [2.05, 4.69) is 14.9 Å². The lowest BCUT2D eigenvalue weighted by atomic mass is 10.1. The lowest BCUT2D eigenvalue weighted by molar-refractivity contribution is 0.0621. The second kappa shape index (κ2) is 8.54. The molecule has 3 aromatic rings. The van der Waals surface area contributed by atoms with Crippen LogP contribution in [0.1, 0.15) is 16.2 Å². The lowest BCUT2D eigenvalue weighted by Crippen LogP contribution is -2.48. The number of aromatic nitrogens is 2. The third kappa shape index (κ3) is 3.86. The molecule has 0 saturated carbocycles. The molecule has 1 fully saturated rings. The van der Waals surface area contributed by atoms with Crippen molar-refractivity contribution in [1.82, 2.24) is 19.8 Å². The zero-order valence-electron chi connectivity index (χ0n) is 17.1. The topological polar surface area (TPSA) is 87.8 Å². The Morgan fingerprint density at radius 1 is 1.03 bits per heavy atom. The summed E-state index contributed by atoms with van der Waals surface area (Å²) < 4.78 is 10.7. The maximum atomic E-state index is 13.0. The highest BCUT2D eigenvalue weighted by Gasteiger charge is 2.26. The molecule has 0 atom stereocenters. The highest BCUT2D eigenvalue weighted by atomic mass is 16.5. The Kier molecular flexibility index (Phi) is 5.67. The molecule has 0 aliphatic carbocycles. The molecule has 0 radical (unpaired) electrons. The Hall–Kier alpha value is -3.39. The van der Waals surface area contributed by atoms with Crippen LogP contribution in [0.5, 0.6) is 11.5 Å². The van der Waals surface area contributed by atoms with Gasteiger partial charge in [0.05, 0.1) is 37.2 Å². The van der Waals surface area contributed by atoms with E-state index in [0.29, 0.717) is 66.5 Å². The van der Waals surface area contributed by atoms with Gasteiger partial charge in [0.2, 0.25) is 0 Å². The van der Waals surface area contributed by atoms with Gasteiger partial charge >= 0.3 is 0 Å². The summed E-state index contributed by atoms with van der Waals surface area (Å²) in [6.45, 7) is 3.07. The normalized spacial score (nSPS) is 14.7. The monoisotopic (exact) mass is 408 g/mol. The van der Waals surface area contributed by atoms with Gasteiger partial charge in [0.25, 0.3) is 11.5 Å². The van der Waals surface area contributed by atoms with E-state index in [1.54, 1.807) is 31.4 Å². The number of carbonyl (C=O) groups is 1. The van der Waals surface area contributed by atoms with Crippen molar-refractivity contribution in [3.05, 3.63) is 64.2 Å². The molecular weight excluding hydrogens is 384 g/mol. The van der Waals surface area contributed by atoms with E-state index >= 15 is 0 Å². The molecule has 1 N–H and O–H groups in total. The van der Waals surface area contributed by atoms with Crippen molar-refractivity contribution in [2.75, 3.05) is 40.4 Å². The number of nitrogens with zero attached hydrogens (tertiary/aromatic N) is 3. The maximum Gasteiger partial charge on any atom is 0.258 e. The number of hydrogen-bond donors (Lipinski definition) is 1. The van der Waals surface area contributed by atoms with Crippen LogP contribution in [0.4, 0.5) is 0 Å². The molecule has 8 nitrogen and oxygen atoms in total. The van der Waals surface area contributed by atoms with E-state index in [0.717, 1.165) is 0 Å². The first-order chi connectivity index (χ1) is 14.6. The molecule has 0 bridgehead atoms. The van der Waals surface area contributed by atoms with Crippen molar-refractivity contribution >= 4 is 16.8 Å². The van der Waals surface area contributed by atoms with Gasteiger partial charge in [-0.3, -0.25) is 14.5 Å². The summed E-state index contributed by atoms with van der Waals surface area (Å²) >= 11 is 0. The Balaban J connectivity index is 1.43. The lowest BCUT2D eigenvalue weighted by Gasteiger charge is -2.34. The first-order valence-corrected chi connectivity index (χ1v) is 9.81. The summed E-state index contributed by atoms with van der Waals surface area (Å²) in [4.78, 5) is 36.7. The molecule has 1 aliphatic rings. The van der Waals surface area contributed by atoms with E-state index in [-0.39, 0.29) is 11.5 Å². The molecule has 1 aromatic heterocycles. The number of carbonyl (C=O) groups excluding carboxylic acids is 1. The molecule has 156 valence electrons. The highest BCUT2D eigenvalue weighted by Crippen LogP contribution is 2.31. The van der Waals surface area contributed by atoms with Crippen LogP contribution in [-0.4, -0.2) is 66.1 Å². The first-order valence-electron chi connectivity index (χ1n) is 9.81. The van der Waals surface area contributed by atoms with Gasteiger partial charge < -0.3 is 19.4 Å². The van der Waals surface area contributed by atoms with Crippen LogP contribution in [0.25, 0.3) is 10.9 Å². The van der Waals surface area contributed by atoms with E-state index in [4.69, 9.17) is 9.47 Å². The number of para-hydroxylation sites is 2. The summed E-state index contributed by atoms with van der Waals surface area (Å²) in [5.74, 6) is 1.54. The zero-order valence-corrected chi connectivity index (χ0v) is 17.1. The van der Waals surface area contributed by atoms with Crippen molar-refractivity contribution in [1.29, 1.82) is 0 Å². The molecule has 0 spiro atoms. The number of nitrogens with one attached hydrogen (secondary N) is 1. The molecule has 2 aromatic carbocycles. The number of hydrogen-bond acceptors (Lipinski definition) is 6. The molecule has 30 heavy (non-hydrogen) atoms. The number of H-pyrrole nitrogens is 1. The summed E-state index contributed by atoms with van der Waals surface area (Å²) in [5, 5.41) is 0.587. The molecule has 0 unspecified atom stereocenters. The predicted octanol–water partition coefficient (Wildman–Crippen LogP) is 1.90. The van der Waals surface area contributed by atoms with Crippen LogP contribution in [0.3, 0.4) is 0 Å². The number of fused-ring (bicyclic) bond motifs is 1. The van der Waals surface area contributed by atoms with Crippen LogP contribution in [0, 0.1) is 0 Å². The number of ether oxygens (including phenoxy) is 2. The second-order valence-corrected chi connectivity index (χ2v) is 7.14. The fourth-order valence-corrected chi connectivity index (χ4v) is 3.76. The van der Waals surface area contributed by atoms with E-state index in [1.165, 1.54) is 7.11 Å². The summed E-state index contributed by atoms with van der Waals surface area (Å²) in [6, 6.07) is 12.6. The van der Waals surface area contributed by atoms with Crippen molar-refractivity contribution in [3.8, 4) is 11.5 Å². The third-order valence-electron chi connectivity index (χ3n) is 5.33. The fraction of sp³-hybridized carbons (Fsp3) is 0.318. The van der Waals surface area contributed by atoms with E-state index in [1.807, 2.05) is 23.1 Å². The largest absolute Gasteiger partial charge is 0.493 e. The smallest absolute Gasteiger partial charge is 0.258 e. The van der Waals surface area contributed by atoms with Gasteiger partial charge in [-0.2, -0.15) is 0 Å². The molecule has 2 heterocycles. The molecule has 1 aliphatic heterocycles. The van der Waals surface area contributed by atoms with E-state index < -0.39 is 0 Å². The average molecular weight is 408 g/mol. The van der Waals surface area contributed by atoms with Gasteiger partial charge in [0.15, 0.2) is 11.5 Å². The average Bonchev–Trinajstić information content (AvgIpc) is 2.78. The van der Waals surface area contributed by atoms with Crippen LogP contribution >= 0.6 is 0 Å². The molecule has 1 amide bonds. The quantitative estimate of drug-likeness (QED) is 0.694. The second-order valence-electron chi connectivity index (χ2n) is 7.14. The van der Waals surface area contributed by atoms with Gasteiger partial charge in [0.1, 0.15) is 5.82 Å². The number of aromatic amines is 1. The number of benzene rings is 2. The highest BCUT2D eigenvalue weighted by molar-refractivity contribution is 5.98. The van der Waals surface area contributed by atoms with Gasteiger partial charge in [-0.25, -0.2) is 4.98 Å². The standard InChI is InChI=1S/C22H24N4O4/c1-29-18-9-5-7-16(20(18)30-2)22(28)26-12-10-25(11-13-26)14-19-23-17-8-4-3-6-15(17)21(27)24-19/h3-9H,10-14H2,1-2H3,(H,23,24,27). The Bertz CT molecular complexity index is 1120. The summed E-state index contributed by atoms with van der Waals surface area (Å²) in [6.07, 6.45) is 0. The molecule has 1 saturated heterocycles. The number of rotatable bonds is 5. The van der Waals surface area contributed by atoms with Crippen molar-refractivity contribution in [2.24, 2.45) is 0 Å². The maximum absolute atomic E-state index is 13.0. The van der Waals surface area contributed by atoms with Gasteiger partial charge in [-0.15, -0.1) is 0 Å². The zero-order chi connectivity index (χ0) is 21.1. The Morgan fingerprint density at radius 3 is 2.53 bits per heavy atom. The molecular formula is C22H24N4O4. The van der Waals surface area contributed by atoms with Crippen molar-refractivity contribution in [3.63, 3.8) is 0 Å². The van der Waals surface area contributed by atoms with Crippen LogP contribution in [0.15, 0.2) is 47.3 Å². The van der Waals surface area contributed by atoms with Gasteiger partial charge in [-0.05, 0) is 24.3 Å². The van der Waals surface area contributed by atoms with Crippen LogP contribution in [0.2, 0.25) is 0 Å². The van der Waals surface area contributed by atoms with Crippen molar-refractivity contribution < 1.29 is 14.3 Å². The third-order valence-corrected chi connectivity index (χ3v) is 5.33. The SMILES string of the molecule is COc1cccc(C(=O)N2CCN(Cc3nc4ccccc4c(=O)[nH]3)CC2)c1OC.